The molecule has 2 bridgehead atoms. The highest BCUT2D eigenvalue weighted by Gasteiger charge is 2.68. The first-order chi connectivity index (χ1) is 8.88. The number of aryl methyl sites for hydroxylation is 1. The van der Waals surface area contributed by atoms with Gasteiger partial charge in [-0.1, -0.05) is 19.0 Å². The molecule has 102 valence electrons. The lowest BCUT2D eigenvalue weighted by Crippen LogP contribution is -2.46. The van der Waals surface area contributed by atoms with Crippen molar-refractivity contribution in [3.05, 3.63) is 11.8 Å². The van der Waals surface area contributed by atoms with Crippen molar-refractivity contribution in [2.24, 2.45) is 16.7 Å². The molecule has 1 amide bonds. The van der Waals surface area contributed by atoms with Crippen LogP contribution in [0.15, 0.2) is 10.6 Å². The smallest absolute Gasteiger partial charge is 0.239 e. The highest BCUT2D eigenvalue weighted by atomic mass is 16.5. The van der Waals surface area contributed by atoms with Crippen LogP contribution < -0.4 is 5.32 Å². The molecule has 2 saturated carbocycles. The fraction of sp³-hybridized carbons (Fsp3) is 0.643. The van der Waals surface area contributed by atoms with E-state index in [1.165, 1.54) is 0 Å². The number of carbonyl (C=O) groups excluding carboxylic acids is 2. The third-order valence-corrected chi connectivity index (χ3v) is 5.15. The number of aromatic nitrogens is 1. The van der Waals surface area contributed by atoms with Gasteiger partial charge in [-0.15, -0.1) is 0 Å². The van der Waals surface area contributed by atoms with E-state index in [0.717, 1.165) is 6.42 Å². The summed E-state index contributed by atoms with van der Waals surface area (Å²) in [5.74, 6) is 1.19. The second-order valence-corrected chi connectivity index (χ2v) is 6.27. The van der Waals surface area contributed by atoms with Gasteiger partial charge in [0.15, 0.2) is 5.82 Å². The summed E-state index contributed by atoms with van der Waals surface area (Å²) in [5, 5.41) is 6.51. The number of anilines is 1. The summed E-state index contributed by atoms with van der Waals surface area (Å²) < 4.78 is 4.93. The van der Waals surface area contributed by atoms with Crippen LogP contribution in [0.4, 0.5) is 5.82 Å². The Morgan fingerprint density at radius 3 is 2.74 bits per heavy atom. The molecule has 3 rings (SSSR count). The third kappa shape index (κ3) is 1.44. The number of hydrogen-bond acceptors (Lipinski definition) is 4. The van der Waals surface area contributed by atoms with Crippen LogP contribution in [-0.2, 0) is 9.59 Å². The molecule has 1 N–H and O–H groups in total. The molecule has 1 heterocycles. The Balaban J connectivity index is 1.92. The number of ketones is 1. The molecule has 0 aromatic carbocycles. The SMILES string of the molecule is Cc1cc(NC(=O)C23CCC(CC2=O)C3(C)C)no1. The first kappa shape index (κ1) is 12.4. The molecular weight excluding hydrogens is 244 g/mol. The zero-order valence-corrected chi connectivity index (χ0v) is 11.4. The second kappa shape index (κ2) is 3.68. The van der Waals surface area contributed by atoms with Crippen LogP contribution in [0.1, 0.15) is 38.9 Å². The Hall–Kier alpha value is -1.65. The van der Waals surface area contributed by atoms with Crippen molar-refractivity contribution in [3.8, 4) is 0 Å². The van der Waals surface area contributed by atoms with E-state index in [9.17, 15) is 9.59 Å². The van der Waals surface area contributed by atoms with Gasteiger partial charge in [-0.25, -0.2) is 0 Å². The first-order valence-electron chi connectivity index (χ1n) is 6.66. The van der Waals surface area contributed by atoms with Gasteiger partial charge in [0.25, 0.3) is 0 Å². The number of nitrogens with one attached hydrogen (secondary N) is 1. The van der Waals surface area contributed by atoms with Crippen LogP contribution in [-0.4, -0.2) is 16.8 Å². The molecule has 0 radical (unpaired) electrons. The van der Waals surface area contributed by atoms with Crippen LogP contribution in [0, 0.1) is 23.7 Å². The molecule has 0 aliphatic heterocycles. The summed E-state index contributed by atoms with van der Waals surface area (Å²) in [6, 6.07) is 1.66. The summed E-state index contributed by atoms with van der Waals surface area (Å²) in [6.45, 7) is 5.82. The molecule has 0 saturated heterocycles. The molecule has 5 heteroatoms. The average Bonchev–Trinajstić information content (AvgIpc) is 2.89. The van der Waals surface area contributed by atoms with Crippen LogP contribution in [0.5, 0.6) is 0 Å². The first-order valence-corrected chi connectivity index (χ1v) is 6.66. The van der Waals surface area contributed by atoms with Gasteiger partial charge >= 0.3 is 0 Å². The molecule has 19 heavy (non-hydrogen) atoms. The van der Waals surface area contributed by atoms with E-state index in [0.29, 0.717) is 30.3 Å². The van der Waals surface area contributed by atoms with Gasteiger partial charge < -0.3 is 9.84 Å². The van der Waals surface area contributed by atoms with Crippen molar-refractivity contribution in [2.75, 3.05) is 5.32 Å². The van der Waals surface area contributed by atoms with E-state index in [2.05, 4.69) is 10.5 Å². The molecule has 1 aromatic rings. The van der Waals surface area contributed by atoms with Gasteiger partial charge in [-0.3, -0.25) is 9.59 Å². The number of amides is 1. The molecule has 1 aromatic heterocycles. The zero-order chi connectivity index (χ0) is 13.8. The average molecular weight is 262 g/mol. The Bertz CT molecular complexity index is 561. The lowest BCUT2D eigenvalue weighted by Gasteiger charge is -2.34. The lowest BCUT2D eigenvalue weighted by atomic mass is 9.68. The summed E-state index contributed by atoms with van der Waals surface area (Å²) in [6.07, 6.45) is 2.12. The van der Waals surface area contributed by atoms with Crippen LogP contribution in [0.25, 0.3) is 0 Å². The van der Waals surface area contributed by atoms with Crippen LogP contribution in [0.2, 0.25) is 0 Å². The van der Waals surface area contributed by atoms with E-state index in [-0.39, 0.29) is 17.1 Å². The molecule has 2 unspecified atom stereocenters. The van der Waals surface area contributed by atoms with E-state index in [1.54, 1.807) is 13.0 Å². The molecule has 2 fully saturated rings. The van der Waals surface area contributed by atoms with Gasteiger partial charge in [0.05, 0.1) is 0 Å². The largest absolute Gasteiger partial charge is 0.360 e. The van der Waals surface area contributed by atoms with Crippen LogP contribution in [0.3, 0.4) is 0 Å². The Morgan fingerprint density at radius 2 is 2.26 bits per heavy atom. The van der Waals surface area contributed by atoms with Gasteiger partial charge in [0, 0.05) is 12.5 Å². The van der Waals surface area contributed by atoms with E-state index < -0.39 is 5.41 Å². The highest BCUT2D eigenvalue weighted by Crippen LogP contribution is 2.64. The number of hydrogen-bond donors (Lipinski definition) is 1. The number of carbonyl (C=O) groups is 2. The summed E-state index contributed by atoms with van der Waals surface area (Å²) >= 11 is 0. The fourth-order valence-corrected chi connectivity index (χ4v) is 3.86. The summed E-state index contributed by atoms with van der Waals surface area (Å²) in [7, 11) is 0. The summed E-state index contributed by atoms with van der Waals surface area (Å²) in [4.78, 5) is 24.9. The maximum Gasteiger partial charge on any atom is 0.239 e. The van der Waals surface area contributed by atoms with Crippen molar-refractivity contribution in [1.29, 1.82) is 0 Å². The lowest BCUT2D eigenvalue weighted by molar-refractivity contribution is -0.141. The fourth-order valence-electron chi connectivity index (χ4n) is 3.86. The van der Waals surface area contributed by atoms with Gasteiger partial charge in [-0.05, 0) is 31.1 Å². The van der Waals surface area contributed by atoms with Crippen molar-refractivity contribution in [2.45, 2.75) is 40.0 Å². The van der Waals surface area contributed by atoms with Crippen LogP contribution >= 0.6 is 0 Å². The maximum absolute atomic E-state index is 12.6. The molecule has 5 nitrogen and oxygen atoms in total. The second-order valence-electron chi connectivity index (χ2n) is 6.27. The molecule has 2 atom stereocenters. The van der Waals surface area contributed by atoms with E-state index in [1.807, 2.05) is 13.8 Å². The van der Waals surface area contributed by atoms with Gasteiger partial charge in [0.2, 0.25) is 5.91 Å². The standard InChI is InChI=1S/C14H18N2O3/c1-8-6-11(16-19-8)15-12(18)14-5-4-9(7-10(14)17)13(14,2)3/h6,9H,4-5,7H2,1-3H3,(H,15,16,18). The third-order valence-electron chi connectivity index (χ3n) is 5.15. The van der Waals surface area contributed by atoms with Crippen molar-refractivity contribution < 1.29 is 14.1 Å². The minimum atomic E-state index is -0.884. The molecule has 0 spiro atoms. The zero-order valence-electron chi connectivity index (χ0n) is 11.4. The van der Waals surface area contributed by atoms with Gasteiger partial charge in [0.1, 0.15) is 17.0 Å². The Labute approximate surface area is 111 Å². The Kier molecular flexibility index (Phi) is 2.40. The number of Topliss-reactive ketones (excluding diaryl/α,β-unsaturated/α-hetero) is 1. The topological polar surface area (TPSA) is 72.2 Å². The predicted octanol–water partition coefficient (Wildman–Crippen LogP) is 2.32. The molecular formula is C14H18N2O3. The van der Waals surface area contributed by atoms with E-state index >= 15 is 0 Å². The van der Waals surface area contributed by atoms with Crippen molar-refractivity contribution >= 4 is 17.5 Å². The minimum Gasteiger partial charge on any atom is -0.360 e. The number of rotatable bonds is 2. The molecule has 2 aliphatic carbocycles. The normalized spacial score (nSPS) is 31.7. The Morgan fingerprint density at radius 1 is 1.53 bits per heavy atom. The quantitative estimate of drug-likeness (QED) is 0.830. The van der Waals surface area contributed by atoms with Crippen molar-refractivity contribution in [3.63, 3.8) is 0 Å². The summed E-state index contributed by atoms with van der Waals surface area (Å²) in [5.41, 5.74) is -1.16. The van der Waals surface area contributed by atoms with Crippen molar-refractivity contribution in [1.82, 2.24) is 5.16 Å². The minimum absolute atomic E-state index is 0.0754. The molecule has 2 aliphatic rings. The number of fused-ring (bicyclic) bond motifs is 2. The predicted molar refractivity (Wildman–Crippen MR) is 68.4 cm³/mol. The monoisotopic (exact) mass is 262 g/mol. The maximum atomic E-state index is 12.6. The van der Waals surface area contributed by atoms with Gasteiger partial charge in [-0.2, -0.15) is 0 Å². The van der Waals surface area contributed by atoms with E-state index in [4.69, 9.17) is 4.52 Å². The highest BCUT2D eigenvalue weighted by molar-refractivity contribution is 6.13. The number of nitrogens with zero attached hydrogens (tertiary/aromatic N) is 1.